The van der Waals surface area contributed by atoms with Gasteiger partial charge in [0.2, 0.25) is 0 Å². The van der Waals surface area contributed by atoms with Crippen LogP contribution in [0.25, 0.3) is 11.1 Å². The van der Waals surface area contributed by atoms with Crippen molar-refractivity contribution in [2.75, 3.05) is 0 Å². The monoisotopic (exact) mass is 290 g/mol. The predicted molar refractivity (Wildman–Crippen MR) is 79.3 cm³/mol. The molecule has 0 fully saturated rings. The van der Waals surface area contributed by atoms with Gasteiger partial charge in [-0.1, -0.05) is 48.0 Å². The lowest BCUT2D eigenvalue weighted by atomic mass is 10.1. The molecule has 2 rings (SSSR count). The van der Waals surface area contributed by atoms with Crippen LogP contribution < -0.4 is 16.0 Å². The summed E-state index contributed by atoms with van der Waals surface area (Å²) in [7, 11) is 0. The molecule has 0 aliphatic rings. The molecule has 0 bridgehead atoms. The van der Waals surface area contributed by atoms with Gasteiger partial charge in [0.1, 0.15) is 5.75 Å². The fourth-order valence-corrected chi connectivity index (χ4v) is 1.99. The van der Waals surface area contributed by atoms with E-state index in [1.54, 1.807) is 19.1 Å². The lowest BCUT2D eigenvalue weighted by molar-refractivity contribution is -0.127. The van der Waals surface area contributed by atoms with Crippen molar-refractivity contribution in [2.24, 2.45) is 5.84 Å². The van der Waals surface area contributed by atoms with Gasteiger partial charge in [0, 0.05) is 0 Å². The molecule has 5 heteroatoms. The molecule has 1 amide bonds. The first-order valence-electron chi connectivity index (χ1n) is 6.14. The lowest BCUT2D eigenvalue weighted by Gasteiger charge is -2.14. The number of ether oxygens (including phenoxy) is 1. The summed E-state index contributed by atoms with van der Waals surface area (Å²) in [6, 6.07) is 15.3. The number of hydrazine groups is 1. The summed E-state index contributed by atoms with van der Waals surface area (Å²) in [6.45, 7) is 1.60. The Balaban J connectivity index is 2.20. The maximum Gasteiger partial charge on any atom is 0.274 e. The van der Waals surface area contributed by atoms with Crippen LogP contribution in [0.4, 0.5) is 0 Å². The highest BCUT2D eigenvalue weighted by Crippen LogP contribution is 2.30. The predicted octanol–water partition coefficient (Wildman–Crippen LogP) is 2.76. The van der Waals surface area contributed by atoms with E-state index in [0.717, 1.165) is 11.1 Å². The van der Waals surface area contributed by atoms with Crippen molar-refractivity contribution in [1.29, 1.82) is 0 Å². The van der Waals surface area contributed by atoms with E-state index in [9.17, 15) is 4.79 Å². The van der Waals surface area contributed by atoms with E-state index >= 15 is 0 Å². The maximum absolute atomic E-state index is 11.3. The Bertz CT molecular complexity index is 602. The van der Waals surface area contributed by atoms with Gasteiger partial charge in [-0.2, -0.15) is 0 Å². The third kappa shape index (κ3) is 3.29. The zero-order valence-electron chi connectivity index (χ0n) is 11.0. The molecule has 2 aromatic carbocycles. The summed E-state index contributed by atoms with van der Waals surface area (Å²) in [5.74, 6) is 5.09. The highest BCUT2D eigenvalue weighted by molar-refractivity contribution is 6.32. The third-order valence-corrected chi connectivity index (χ3v) is 3.15. The Labute approximate surface area is 122 Å². The third-order valence-electron chi connectivity index (χ3n) is 2.85. The van der Waals surface area contributed by atoms with Crippen molar-refractivity contribution in [3.63, 3.8) is 0 Å². The first kappa shape index (κ1) is 14.4. The van der Waals surface area contributed by atoms with Gasteiger partial charge >= 0.3 is 0 Å². The van der Waals surface area contributed by atoms with Crippen molar-refractivity contribution in [3.05, 3.63) is 53.6 Å². The fraction of sp³-hybridized carbons (Fsp3) is 0.133. The Morgan fingerprint density at radius 1 is 1.20 bits per heavy atom. The van der Waals surface area contributed by atoms with Crippen LogP contribution in [0.1, 0.15) is 6.92 Å². The molecular formula is C15H15ClN2O2. The smallest absolute Gasteiger partial charge is 0.274 e. The van der Waals surface area contributed by atoms with Gasteiger partial charge < -0.3 is 4.74 Å². The SMILES string of the molecule is CC(Oc1ccc(-c2ccccc2)cc1Cl)C(=O)NN. The van der Waals surface area contributed by atoms with Crippen molar-refractivity contribution >= 4 is 17.5 Å². The van der Waals surface area contributed by atoms with Crippen LogP contribution in [-0.4, -0.2) is 12.0 Å². The van der Waals surface area contributed by atoms with E-state index in [4.69, 9.17) is 22.2 Å². The molecular weight excluding hydrogens is 276 g/mol. The average molecular weight is 291 g/mol. The molecule has 0 saturated heterocycles. The van der Waals surface area contributed by atoms with E-state index < -0.39 is 12.0 Å². The average Bonchev–Trinajstić information content (AvgIpc) is 2.49. The van der Waals surface area contributed by atoms with E-state index in [-0.39, 0.29) is 0 Å². The van der Waals surface area contributed by atoms with Gasteiger partial charge in [0.05, 0.1) is 5.02 Å². The number of carbonyl (C=O) groups is 1. The summed E-state index contributed by atoms with van der Waals surface area (Å²) >= 11 is 6.18. The molecule has 0 radical (unpaired) electrons. The Morgan fingerprint density at radius 3 is 2.50 bits per heavy atom. The number of hydrogen-bond donors (Lipinski definition) is 2. The second-order valence-electron chi connectivity index (χ2n) is 4.28. The Kier molecular flexibility index (Phi) is 4.61. The summed E-state index contributed by atoms with van der Waals surface area (Å²) in [5.41, 5.74) is 4.08. The van der Waals surface area contributed by atoms with E-state index in [0.29, 0.717) is 10.8 Å². The minimum absolute atomic E-state index is 0.409. The molecule has 1 atom stereocenters. The zero-order chi connectivity index (χ0) is 14.5. The largest absolute Gasteiger partial charge is 0.479 e. The summed E-state index contributed by atoms with van der Waals surface area (Å²) in [6.07, 6.45) is -0.708. The van der Waals surface area contributed by atoms with Gasteiger partial charge in [-0.05, 0) is 30.2 Å². The number of nitrogens with two attached hydrogens (primary N) is 1. The van der Waals surface area contributed by atoms with Crippen LogP contribution >= 0.6 is 11.6 Å². The quantitative estimate of drug-likeness (QED) is 0.517. The molecule has 104 valence electrons. The lowest BCUT2D eigenvalue weighted by Crippen LogP contribution is -2.40. The summed E-state index contributed by atoms with van der Waals surface area (Å²) < 4.78 is 5.46. The second-order valence-corrected chi connectivity index (χ2v) is 4.69. The molecule has 3 N–H and O–H groups in total. The van der Waals surface area contributed by atoms with Gasteiger partial charge in [-0.25, -0.2) is 5.84 Å². The highest BCUT2D eigenvalue weighted by atomic mass is 35.5. The summed E-state index contributed by atoms with van der Waals surface area (Å²) in [4.78, 5) is 11.3. The van der Waals surface area contributed by atoms with Crippen molar-refractivity contribution in [2.45, 2.75) is 13.0 Å². The van der Waals surface area contributed by atoms with Crippen LogP contribution in [0.3, 0.4) is 0 Å². The second kappa shape index (κ2) is 6.41. The molecule has 0 spiro atoms. The minimum Gasteiger partial charge on any atom is -0.479 e. The van der Waals surface area contributed by atoms with Crippen molar-refractivity contribution < 1.29 is 9.53 Å². The van der Waals surface area contributed by atoms with Crippen LogP contribution in [0.2, 0.25) is 5.02 Å². The molecule has 0 aliphatic heterocycles. The van der Waals surface area contributed by atoms with Gasteiger partial charge in [-0.3, -0.25) is 10.2 Å². The van der Waals surface area contributed by atoms with E-state index in [1.165, 1.54) is 0 Å². The van der Waals surface area contributed by atoms with Crippen LogP contribution in [0.15, 0.2) is 48.5 Å². The molecule has 1 unspecified atom stereocenters. The standard InChI is InChI=1S/C15H15ClN2O2/c1-10(15(19)18-17)20-14-8-7-12(9-13(14)16)11-5-3-2-4-6-11/h2-10H,17H2,1H3,(H,18,19). The van der Waals surface area contributed by atoms with Crippen LogP contribution in [0.5, 0.6) is 5.75 Å². The molecule has 2 aromatic rings. The fourth-order valence-electron chi connectivity index (χ4n) is 1.77. The minimum atomic E-state index is -0.708. The van der Waals surface area contributed by atoms with E-state index in [1.807, 2.05) is 41.8 Å². The van der Waals surface area contributed by atoms with Gasteiger partial charge in [-0.15, -0.1) is 0 Å². The van der Waals surface area contributed by atoms with Crippen LogP contribution in [0, 0.1) is 0 Å². The number of amides is 1. The van der Waals surface area contributed by atoms with Crippen molar-refractivity contribution in [3.8, 4) is 16.9 Å². The number of rotatable bonds is 4. The molecule has 0 saturated carbocycles. The van der Waals surface area contributed by atoms with E-state index in [2.05, 4.69) is 0 Å². The number of halogens is 1. The Hall–Kier alpha value is -2.04. The Morgan fingerprint density at radius 2 is 1.90 bits per heavy atom. The first-order chi connectivity index (χ1) is 9.61. The molecule has 0 heterocycles. The molecule has 4 nitrogen and oxygen atoms in total. The first-order valence-corrected chi connectivity index (χ1v) is 6.51. The van der Waals surface area contributed by atoms with Crippen molar-refractivity contribution in [1.82, 2.24) is 5.43 Å². The maximum atomic E-state index is 11.3. The summed E-state index contributed by atoms with van der Waals surface area (Å²) in [5, 5.41) is 0.447. The highest BCUT2D eigenvalue weighted by Gasteiger charge is 2.15. The van der Waals surface area contributed by atoms with Gasteiger partial charge in [0.15, 0.2) is 6.10 Å². The normalized spacial score (nSPS) is 11.8. The number of carbonyl (C=O) groups excluding carboxylic acids is 1. The van der Waals surface area contributed by atoms with Gasteiger partial charge in [0.25, 0.3) is 5.91 Å². The zero-order valence-corrected chi connectivity index (χ0v) is 11.7. The van der Waals surface area contributed by atoms with Crippen LogP contribution in [-0.2, 0) is 4.79 Å². The topological polar surface area (TPSA) is 64.3 Å². The number of benzene rings is 2. The number of nitrogens with one attached hydrogen (secondary N) is 1. The number of hydrogen-bond acceptors (Lipinski definition) is 3. The molecule has 0 aliphatic carbocycles. The molecule has 0 aromatic heterocycles. The molecule has 20 heavy (non-hydrogen) atoms.